The largest absolute Gasteiger partial charge is 0.386 e. The van der Waals surface area contributed by atoms with E-state index in [0.29, 0.717) is 19.5 Å². The first-order valence-electron chi connectivity index (χ1n) is 6.10. The lowest BCUT2D eigenvalue weighted by Gasteiger charge is -2.50. The van der Waals surface area contributed by atoms with Crippen LogP contribution in [-0.4, -0.2) is 23.8 Å². The summed E-state index contributed by atoms with van der Waals surface area (Å²) >= 11 is 0. The number of nitrogens with one attached hydrogen (secondary N) is 1. The molecule has 1 aliphatic carbocycles. The molecule has 0 aromatic heterocycles. The Hall–Kier alpha value is -1.37. The summed E-state index contributed by atoms with van der Waals surface area (Å²) < 4.78 is 0. The maximum absolute atomic E-state index is 10.5. The van der Waals surface area contributed by atoms with Crippen molar-refractivity contribution in [2.45, 2.75) is 24.9 Å². The van der Waals surface area contributed by atoms with Gasteiger partial charge < -0.3 is 10.4 Å². The van der Waals surface area contributed by atoms with E-state index in [0.717, 1.165) is 12.8 Å². The van der Waals surface area contributed by atoms with Crippen molar-refractivity contribution in [3.8, 4) is 6.07 Å². The van der Waals surface area contributed by atoms with Gasteiger partial charge in [0.15, 0.2) is 0 Å². The fourth-order valence-corrected chi connectivity index (χ4v) is 3.03. The normalized spacial score (nSPS) is 29.9. The molecule has 1 saturated heterocycles. The predicted octanol–water partition coefficient (Wildman–Crippen LogP) is 1.02. The summed E-state index contributed by atoms with van der Waals surface area (Å²) in [6.45, 7) is 1.09. The highest BCUT2D eigenvalue weighted by Crippen LogP contribution is 2.45. The Morgan fingerprint density at radius 3 is 2.53 bits per heavy atom. The van der Waals surface area contributed by atoms with Crippen molar-refractivity contribution in [3.63, 3.8) is 0 Å². The van der Waals surface area contributed by atoms with Crippen molar-refractivity contribution >= 4 is 0 Å². The van der Waals surface area contributed by atoms with Crippen LogP contribution in [0.15, 0.2) is 24.3 Å². The molecule has 3 nitrogen and oxygen atoms in total. The number of nitriles is 1. The Morgan fingerprint density at radius 1 is 1.24 bits per heavy atom. The molecule has 1 atom stereocenters. The Bertz CT molecular complexity index is 487. The predicted molar refractivity (Wildman–Crippen MR) is 64.3 cm³/mol. The maximum Gasteiger partial charge on any atom is 0.108 e. The number of hydrogen-bond donors (Lipinski definition) is 2. The molecule has 1 aromatic rings. The van der Waals surface area contributed by atoms with Crippen molar-refractivity contribution in [1.82, 2.24) is 5.32 Å². The van der Waals surface area contributed by atoms with E-state index in [1.807, 2.05) is 12.1 Å². The number of fused-ring (bicyclic) bond motifs is 1. The number of aliphatic hydroxyl groups is 1. The fraction of sp³-hybridized carbons (Fsp3) is 0.500. The van der Waals surface area contributed by atoms with Crippen LogP contribution in [0.3, 0.4) is 0 Å². The highest BCUT2D eigenvalue weighted by molar-refractivity contribution is 5.35. The van der Waals surface area contributed by atoms with Crippen molar-refractivity contribution in [2.75, 3.05) is 13.1 Å². The molecule has 1 aromatic carbocycles. The second-order valence-electron chi connectivity index (χ2n) is 5.27. The zero-order valence-electron chi connectivity index (χ0n) is 9.74. The van der Waals surface area contributed by atoms with E-state index in [9.17, 15) is 10.4 Å². The van der Waals surface area contributed by atoms with Gasteiger partial charge in [-0.25, -0.2) is 0 Å². The first-order valence-corrected chi connectivity index (χ1v) is 6.10. The van der Waals surface area contributed by atoms with E-state index in [-0.39, 0.29) is 0 Å². The Kier molecular flexibility index (Phi) is 2.25. The standard InChI is InChI=1S/C14H16N2O/c15-8-13(14(17)9-16-10-14)6-5-11-3-1-2-4-12(11)7-13/h1-4,16-17H,5-7,9-10H2. The van der Waals surface area contributed by atoms with Gasteiger partial charge in [0.25, 0.3) is 0 Å². The van der Waals surface area contributed by atoms with Crippen LogP contribution < -0.4 is 5.32 Å². The van der Waals surface area contributed by atoms with Gasteiger partial charge in [-0.05, 0) is 30.4 Å². The van der Waals surface area contributed by atoms with Gasteiger partial charge >= 0.3 is 0 Å². The summed E-state index contributed by atoms with van der Waals surface area (Å²) in [7, 11) is 0. The molecule has 0 bridgehead atoms. The first kappa shape index (κ1) is 10.8. The van der Waals surface area contributed by atoms with Crippen LogP contribution in [0.4, 0.5) is 0 Å². The Labute approximate surface area is 101 Å². The molecule has 88 valence electrons. The molecule has 2 aliphatic rings. The van der Waals surface area contributed by atoms with Crippen molar-refractivity contribution in [3.05, 3.63) is 35.4 Å². The maximum atomic E-state index is 10.5. The second-order valence-corrected chi connectivity index (χ2v) is 5.27. The fourth-order valence-electron chi connectivity index (χ4n) is 3.03. The molecule has 0 spiro atoms. The molecule has 1 heterocycles. The van der Waals surface area contributed by atoms with Gasteiger partial charge in [0.05, 0.1) is 11.5 Å². The van der Waals surface area contributed by atoms with Gasteiger partial charge in [0, 0.05) is 13.1 Å². The number of rotatable bonds is 1. The lowest BCUT2D eigenvalue weighted by atomic mass is 9.60. The molecule has 1 aliphatic heterocycles. The van der Waals surface area contributed by atoms with E-state index < -0.39 is 11.0 Å². The van der Waals surface area contributed by atoms with Gasteiger partial charge in [-0.2, -0.15) is 5.26 Å². The van der Waals surface area contributed by atoms with Crippen LogP contribution in [0.25, 0.3) is 0 Å². The molecule has 3 heteroatoms. The molecule has 0 saturated carbocycles. The van der Waals surface area contributed by atoms with Gasteiger partial charge in [-0.15, -0.1) is 0 Å². The summed E-state index contributed by atoms with van der Waals surface area (Å²) in [5.41, 5.74) is 1.11. The molecular weight excluding hydrogens is 212 g/mol. The minimum atomic E-state index is -0.838. The van der Waals surface area contributed by atoms with Gasteiger partial charge in [0.2, 0.25) is 0 Å². The molecular formula is C14H16N2O. The Morgan fingerprint density at radius 2 is 1.94 bits per heavy atom. The molecule has 0 radical (unpaired) electrons. The van der Waals surface area contributed by atoms with Crippen LogP contribution in [0, 0.1) is 16.7 Å². The first-order chi connectivity index (χ1) is 8.19. The molecule has 0 amide bonds. The van der Waals surface area contributed by atoms with Crippen LogP contribution in [-0.2, 0) is 12.8 Å². The SMILES string of the molecule is N#CC1(C2(O)CNC2)CCc2ccccc2C1. The third kappa shape index (κ3) is 1.41. The number of hydrogen-bond acceptors (Lipinski definition) is 3. The zero-order valence-corrected chi connectivity index (χ0v) is 9.74. The summed E-state index contributed by atoms with van der Waals surface area (Å²) in [6.07, 6.45) is 2.34. The van der Waals surface area contributed by atoms with Crippen LogP contribution in [0.1, 0.15) is 17.5 Å². The Balaban J connectivity index is 1.98. The lowest BCUT2D eigenvalue weighted by Crippen LogP contribution is -2.69. The van der Waals surface area contributed by atoms with Crippen molar-refractivity contribution < 1.29 is 5.11 Å². The molecule has 1 unspecified atom stereocenters. The van der Waals surface area contributed by atoms with Gasteiger partial charge in [-0.3, -0.25) is 0 Å². The van der Waals surface area contributed by atoms with E-state index in [2.05, 4.69) is 23.5 Å². The summed E-state index contributed by atoms with van der Waals surface area (Å²) in [6, 6.07) is 10.7. The third-order valence-electron chi connectivity index (χ3n) is 4.37. The van der Waals surface area contributed by atoms with Crippen LogP contribution in [0.2, 0.25) is 0 Å². The molecule has 3 rings (SSSR count). The zero-order chi connectivity index (χ0) is 11.9. The topological polar surface area (TPSA) is 56.0 Å². The summed E-state index contributed by atoms with van der Waals surface area (Å²) in [5.74, 6) is 0. The van der Waals surface area contributed by atoms with E-state index in [1.54, 1.807) is 0 Å². The van der Waals surface area contributed by atoms with E-state index in [1.165, 1.54) is 11.1 Å². The van der Waals surface area contributed by atoms with Crippen molar-refractivity contribution in [1.29, 1.82) is 5.26 Å². The molecule has 2 N–H and O–H groups in total. The molecule has 17 heavy (non-hydrogen) atoms. The minimum absolute atomic E-state index is 0.544. The average molecular weight is 228 g/mol. The summed E-state index contributed by atoms with van der Waals surface area (Å²) in [4.78, 5) is 0. The number of benzene rings is 1. The monoisotopic (exact) mass is 228 g/mol. The minimum Gasteiger partial charge on any atom is -0.386 e. The van der Waals surface area contributed by atoms with Crippen molar-refractivity contribution in [2.24, 2.45) is 5.41 Å². The van der Waals surface area contributed by atoms with E-state index >= 15 is 0 Å². The average Bonchev–Trinajstić information content (AvgIpc) is 2.35. The van der Waals surface area contributed by atoms with Crippen LogP contribution >= 0.6 is 0 Å². The van der Waals surface area contributed by atoms with Gasteiger partial charge in [-0.1, -0.05) is 24.3 Å². The number of β-amino-alcohol motifs (C(OH)–C–C–N with tert-alkyl or cyclic N) is 1. The molecule has 1 fully saturated rings. The third-order valence-corrected chi connectivity index (χ3v) is 4.37. The highest BCUT2D eigenvalue weighted by Gasteiger charge is 2.55. The quantitative estimate of drug-likeness (QED) is 0.754. The van der Waals surface area contributed by atoms with Gasteiger partial charge in [0.1, 0.15) is 5.60 Å². The highest BCUT2D eigenvalue weighted by atomic mass is 16.3. The second kappa shape index (κ2) is 3.56. The van der Waals surface area contributed by atoms with Crippen LogP contribution in [0.5, 0.6) is 0 Å². The lowest BCUT2D eigenvalue weighted by molar-refractivity contribution is -0.0996. The number of aryl methyl sites for hydroxylation is 1. The summed E-state index contributed by atoms with van der Waals surface area (Å²) in [5, 5.41) is 23.1. The van der Waals surface area contributed by atoms with E-state index in [4.69, 9.17) is 0 Å². The smallest absolute Gasteiger partial charge is 0.108 e. The number of nitrogens with zero attached hydrogens (tertiary/aromatic N) is 1.